The minimum absolute atomic E-state index is 0. The van der Waals surface area contributed by atoms with Gasteiger partial charge in [0.2, 0.25) is 0 Å². The van der Waals surface area contributed by atoms with E-state index in [9.17, 15) is 4.79 Å². The Morgan fingerprint density at radius 3 is 1.17 bits per heavy atom. The van der Waals surface area contributed by atoms with Gasteiger partial charge in [0.15, 0.2) is 0 Å². The Balaban J connectivity index is 0.000000317. The fourth-order valence-corrected chi connectivity index (χ4v) is 5.66. The molecular weight excluding hydrogens is 640 g/mol. The number of benzene rings is 4. The molecule has 0 spiro atoms. The van der Waals surface area contributed by atoms with Gasteiger partial charge in [0.1, 0.15) is 21.5 Å². The van der Waals surface area contributed by atoms with Crippen molar-refractivity contribution in [3.63, 3.8) is 0 Å². The van der Waals surface area contributed by atoms with Crippen LogP contribution in [0.4, 0.5) is 0 Å². The third-order valence-corrected chi connectivity index (χ3v) is 7.31. The molecule has 36 heavy (non-hydrogen) atoms. The molecule has 5 aromatic rings. The molecule has 1 radical (unpaired) electrons. The normalized spacial score (nSPS) is 8.97. The number of carbonyl (C=O) groups excluding carboxylic acids is 1. The Morgan fingerprint density at radius 2 is 0.944 bits per heavy atom. The SMILES string of the molecule is N#[O+].O=C([OH2+])c1ccccc1.[Re].[c-]1[c-][c-][cH-][c-]1.c1ccc([PH+](c2ccccc2)c2ccccc2)cc1. The van der Waals surface area contributed by atoms with Crippen molar-refractivity contribution in [2.75, 3.05) is 0 Å². The van der Waals surface area contributed by atoms with Crippen LogP contribution in [-0.4, -0.2) is 11.1 Å². The summed E-state index contributed by atoms with van der Waals surface area (Å²) in [5.74, 6) is -0.629. The van der Waals surface area contributed by atoms with Crippen molar-refractivity contribution in [1.29, 1.82) is 5.46 Å². The van der Waals surface area contributed by atoms with E-state index < -0.39 is 13.9 Å². The van der Waals surface area contributed by atoms with E-state index >= 15 is 0 Å². The molecule has 0 amide bonds. The summed E-state index contributed by atoms with van der Waals surface area (Å²) in [5.41, 5.74) is 6.19. The van der Waals surface area contributed by atoms with E-state index in [4.69, 9.17) is 15.3 Å². The van der Waals surface area contributed by atoms with Crippen LogP contribution in [0, 0.1) is 29.7 Å². The molecule has 0 aliphatic heterocycles. The standard InChI is InChI=1S/C18H15P.C7H6O2.C5H.NO.Re/c1-4-10-16(11-5-1)19(17-12-6-2-7-13-17)18-14-8-3-9-15-18;8-7(9)6-4-2-1-3-5-6;1-2-4-5-3-1;1-2;/h1-15H;1-5H,(H,8,9);1H;;/q;;-5;+1;/p+2. The maximum atomic E-state index is 10.3. The van der Waals surface area contributed by atoms with Crippen LogP contribution in [0.2, 0.25) is 0 Å². The van der Waals surface area contributed by atoms with Crippen LogP contribution >= 0.6 is 7.92 Å². The van der Waals surface area contributed by atoms with Crippen molar-refractivity contribution in [3.8, 4) is 0 Å². The van der Waals surface area contributed by atoms with Crippen molar-refractivity contribution >= 4 is 29.8 Å². The third kappa shape index (κ3) is 10.8. The first-order valence-corrected chi connectivity index (χ1v) is 12.1. The molecule has 0 saturated heterocycles. The topological polar surface area (TPSA) is 83.7 Å². The Hall–Kier alpha value is -3.54. The van der Waals surface area contributed by atoms with Gasteiger partial charge in [0.05, 0.1) is 7.92 Å². The molecule has 181 valence electrons. The molecule has 0 fully saturated rings. The molecule has 6 heteroatoms. The summed E-state index contributed by atoms with van der Waals surface area (Å²) in [4.78, 5) is 10.3. The van der Waals surface area contributed by atoms with Crippen molar-refractivity contribution in [1.82, 2.24) is 0 Å². The molecule has 5 rings (SSSR count). The summed E-state index contributed by atoms with van der Waals surface area (Å²) in [6.07, 6.45) is 0. The first-order valence-electron chi connectivity index (χ1n) is 10.6. The fourth-order valence-electron chi connectivity index (χ4n) is 3.08. The van der Waals surface area contributed by atoms with Crippen LogP contribution < -0.4 is 15.9 Å². The average Bonchev–Trinajstić information content (AvgIpc) is 3.53. The number of hydrogen-bond donors (Lipinski definition) is 0. The minimum Gasteiger partial charge on any atom is -0.999 e. The van der Waals surface area contributed by atoms with Crippen molar-refractivity contribution in [2.45, 2.75) is 0 Å². The predicted molar refractivity (Wildman–Crippen MR) is 141 cm³/mol. The van der Waals surface area contributed by atoms with Crippen molar-refractivity contribution in [2.24, 2.45) is 0 Å². The minimum atomic E-state index is -0.877. The summed E-state index contributed by atoms with van der Waals surface area (Å²) < 4.78 is 7.25. The molecule has 0 atom stereocenters. The Bertz CT molecular complexity index is 1110. The first-order chi connectivity index (χ1) is 17.3. The Morgan fingerprint density at radius 1 is 0.639 bits per heavy atom. The van der Waals surface area contributed by atoms with E-state index in [2.05, 4.69) is 115 Å². The van der Waals surface area contributed by atoms with Gasteiger partial charge in [-0.3, -0.25) is 0 Å². The van der Waals surface area contributed by atoms with Gasteiger partial charge >= 0.3 is 16.2 Å². The second kappa shape index (κ2) is 18.7. The monoisotopic (exact) mass is 664 g/mol. The van der Waals surface area contributed by atoms with Crippen molar-refractivity contribution in [3.05, 3.63) is 157 Å². The van der Waals surface area contributed by atoms with Gasteiger partial charge in [-0.15, -0.1) is 0 Å². The molecule has 0 heterocycles. The number of rotatable bonds is 4. The van der Waals surface area contributed by atoms with Gasteiger partial charge < -0.3 is 35.4 Å². The predicted octanol–water partition coefficient (Wildman–Crippen LogP) is 4.23. The van der Waals surface area contributed by atoms with E-state index in [0.29, 0.717) is 5.56 Å². The summed E-state index contributed by atoms with van der Waals surface area (Å²) in [6.45, 7) is 0. The van der Waals surface area contributed by atoms with Gasteiger partial charge in [-0.1, -0.05) is 72.8 Å². The van der Waals surface area contributed by atoms with Gasteiger partial charge in [0, 0.05) is 25.2 Å². The zero-order valence-corrected chi connectivity index (χ0v) is 23.0. The number of carbonyl (C=O) groups is 1. The molecule has 0 aromatic heterocycles. The summed E-state index contributed by atoms with van der Waals surface area (Å²) in [6, 6.07) is 53.0. The van der Waals surface area contributed by atoms with E-state index in [0.717, 1.165) is 0 Å². The van der Waals surface area contributed by atoms with E-state index in [-0.39, 0.29) is 20.4 Å². The van der Waals surface area contributed by atoms with E-state index in [1.807, 2.05) is 6.07 Å². The first kappa shape index (κ1) is 30.5. The van der Waals surface area contributed by atoms with Crippen molar-refractivity contribution < 1.29 is 35.1 Å². The summed E-state index contributed by atoms with van der Waals surface area (Å²) in [5, 5.41) is 11.0. The third-order valence-electron chi connectivity index (χ3n) is 4.57. The molecule has 0 aliphatic carbocycles. The van der Waals surface area contributed by atoms with Gasteiger partial charge in [-0.25, -0.2) is 0 Å². The zero-order chi connectivity index (χ0) is 25.1. The molecule has 5 aromatic carbocycles. The number of nitrogens with zero attached hydrogens (tertiary/aromatic N) is 1. The Kier molecular flexibility index (Phi) is 15.9. The Labute approximate surface area is 226 Å². The van der Waals surface area contributed by atoms with Gasteiger partial charge in [-0.05, 0) is 48.5 Å². The fraction of sp³-hybridized carbons (Fsp3) is 0. The van der Waals surface area contributed by atoms with E-state index in [1.165, 1.54) is 15.9 Å². The quantitative estimate of drug-likeness (QED) is 0.164. The van der Waals surface area contributed by atoms with Crippen LogP contribution in [-0.2, 0) is 25.2 Å². The molecule has 0 unspecified atom stereocenters. The molecular formula is C30H24NO3PRe-2. The molecule has 2 N–H and O–H groups in total. The number of hydrogen-bond acceptors (Lipinski definition) is 2. The van der Waals surface area contributed by atoms with Crippen LogP contribution in [0.3, 0.4) is 0 Å². The van der Waals surface area contributed by atoms with Crippen LogP contribution in [0.15, 0.2) is 127 Å². The second-order valence-corrected chi connectivity index (χ2v) is 9.33. The largest absolute Gasteiger partial charge is 0.999 e. The van der Waals surface area contributed by atoms with Gasteiger partial charge in [0.25, 0.3) is 0 Å². The molecule has 0 saturated carbocycles. The second-order valence-electron chi connectivity index (χ2n) is 6.85. The zero-order valence-electron chi connectivity index (χ0n) is 19.3. The molecule has 4 nitrogen and oxygen atoms in total. The maximum absolute atomic E-state index is 10.3. The molecule has 0 bridgehead atoms. The van der Waals surface area contributed by atoms with Crippen LogP contribution in [0.1, 0.15) is 10.4 Å². The van der Waals surface area contributed by atoms with E-state index in [1.54, 1.807) is 30.3 Å². The summed E-state index contributed by atoms with van der Waals surface area (Å²) >= 11 is 0. The summed E-state index contributed by atoms with van der Waals surface area (Å²) in [7, 11) is -0.877. The average molecular weight is 664 g/mol. The molecule has 0 aliphatic rings. The van der Waals surface area contributed by atoms with Crippen LogP contribution in [0.5, 0.6) is 0 Å². The maximum Gasteiger partial charge on any atom is 0.549 e. The van der Waals surface area contributed by atoms with Crippen LogP contribution in [0.25, 0.3) is 0 Å². The van der Waals surface area contributed by atoms with Gasteiger partial charge in [-0.2, -0.15) is 0 Å². The smallest absolute Gasteiger partial charge is 0.549 e.